The summed E-state index contributed by atoms with van der Waals surface area (Å²) in [5.74, 6) is 5.63. The molecule has 0 saturated heterocycles. The molecule has 1 aromatic rings. The number of alkyl halides is 3. The van der Waals surface area contributed by atoms with E-state index in [0.29, 0.717) is 11.3 Å². The lowest BCUT2D eigenvalue weighted by Gasteiger charge is -2.20. The second-order valence-corrected chi connectivity index (χ2v) is 3.82. The summed E-state index contributed by atoms with van der Waals surface area (Å²) in [6, 6.07) is 5.49. The van der Waals surface area contributed by atoms with Gasteiger partial charge in [0.1, 0.15) is 11.8 Å². The Morgan fingerprint density at radius 3 is 2.75 bits per heavy atom. The van der Waals surface area contributed by atoms with E-state index in [1.54, 1.807) is 24.3 Å². The maximum Gasteiger partial charge on any atom is 0.338 e. The van der Waals surface area contributed by atoms with E-state index in [-0.39, 0.29) is 6.42 Å². The van der Waals surface area contributed by atoms with Crippen molar-refractivity contribution in [1.29, 1.82) is 0 Å². The first-order chi connectivity index (χ1) is 7.47. The number of benzene rings is 1. The standard InChI is InChI=1S/C10H13ClF2N2O/c1-16-8-4-2-3-7(5-8)6-9(15-14)10(11,12)13/h2-5,9,15H,6,14H2,1H3. The second kappa shape index (κ2) is 5.43. The van der Waals surface area contributed by atoms with Crippen LogP contribution in [0.1, 0.15) is 5.56 Å². The van der Waals surface area contributed by atoms with E-state index in [0.717, 1.165) is 0 Å². The van der Waals surface area contributed by atoms with Gasteiger partial charge in [0.05, 0.1) is 7.11 Å². The number of methoxy groups -OCH3 is 1. The van der Waals surface area contributed by atoms with E-state index in [9.17, 15) is 8.78 Å². The summed E-state index contributed by atoms with van der Waals surface area (Å²) >= 11 is 4.92. The fraction of sp³-hybridized carbons (Fsp3) is 0.400. The Labute approximate surface area is 97.5 Å². The molecule has 0 fully saturated rings. The molecule has 3 nitrogen and oxygen atoms in total. The molecule has 1 atom stereocenters. The smallest absolute Gasteiger partial charge is 0.338 e. The van der Waals surface area contributed by atoms with Gasteiger partial charge in [-0.05, 0) is 35.7 Å². The van der Waals surface area contributed by atoms with Gasteiger partial charge in [0.25, 0.3) is 0 Å². The van der Waals surface area contributed by atoms with Gasteiger partial charge >= 0.3 is 5.38 Å². The third-order valence-corrected chi connectivity index (χ3v) is 2.43. The Bertz CT molecular complexity index is 344. The first-order valence-corrected chi connectivity index (χ1v) is 5.01. The topological polar surface area (TPSA) is 47.3 Å². The Balaban J connectivity index is 2.78. The SMILES string of the molecule is COc1cccc(CC(NN)C(F)(F)Cl)c1. The Morgan fingerprint density at radius 1 is 1.56 bits per heavy atom. The van der Waals surface area contributed by atoms with Crippen molar-refractivity contribution in [3.63, 3.8) is 0 Å². The summed E-state index contributed by atoms with van der Waals surface area (Å²) in [6.07, 6.45) is 0.0181. The monoisotopic (exact) mass is 250 g/mol. The molecule has 90 valence electrons. The minimum Gasteiger partial charge on any atom is -0.497 e. The fourth-order valence-electron chi connectivity index (χ4n) is 1.30. The first-order valence-electron chi connectivity index (χ1n) is 4.63. The number of hydrogen-bond donors (Lipinski definition) is 2. The van der Waals surface area contributed by atoms with E-state index >= 15 is 0 Å². The van der Waals surface area contributed by atoms with Crippen molar-refractivity contribution in [2.45, 2.75) is 17.8 Å². The molecule has 0 spiro atoms. The zero-order valence-electron chi connectivity index (χ0n) is 8.71. The largest absolute Gasteiger partial charge is 0.497 e. The maximum atomic E-state index is 12.8. The van der Waals surface area contributed by atoms with Gasteiger partial charge in [-0.25, -0.2) is 5.43 Å². The first kappa shape index (κ1) is 13.2. The van der Waals surface area contributed by atoms with E-state index in [4.69, 9.17) is 22.2 Å². The van der Waals surface area contributed by atoms with Crippen molar-refractivity contribution in [2.24, 2.45) is 5.84 Å². The molecule has 0 heterocycles. The number of hydrazine groups is 1. The molecule has 0 amide bonds. The molecule has 0 aliphatic carbocycles. The molecule has 0 aliphatic rings. The zero-order chi connectivity index (χ0) is 12.2. The van der Waals surface area contributed by atoms with Crippen LogP contribution in [0, 0.1) is 0 Å². The number of nitrogens with two attached hydrogens (primary N) is 1. The van der Waals surface area contributed by atoms with Gasteiger partial charge in [-0.3, -0.25) is 5.84 Å². The summed E-state index contributed by atoms with van der Waals surface area (Å²) < 4.78 is 30.7. The highest BCUT2D eigenvalue weighted by Crippen LogP contribution is 2.26. The lowest BCUT2D eigenvalue weighted by Crippen LogP contribution is -2.46. The third kappa shape index (κ3) is 3.59. The molecule has 0 aromatic heterocycles. The summed E-state index contributed by atoms with van der Waals surface area (Å²) in [5, 5.41) is -3.39. The minimum absolute atomic E-state index is 0.0181. The van der Waals surface area contributed by atoms with Gasteiger partial charge in [0.2, 0.25) is 0 Å². The molecule has 3 N–H and O–H groups in total. The highest BCUT2D eigenvalue weighted by atomic mass is 35.5. The van der Waals surface area contributed by atoms with Crippen LogP contribution in [0.2, 0.25) is 0 Å². The van der Waals surface area contributed by atoms with Gasteiger partial charge in [-0.2, -0.15) is 8.78 Å². The van der Waals surface area contributed by atoms with E-state index in [1.165, 1.54) is 7.11 Å². The molecule has 1 rings (SSSR count). The molecule has 1 aromatic carbocycles. The zero-order valence-corrected chi connectivity index (χ0v) is 9.47. The minimum atomic E-state index is -3.39. The molecule has 16 heavy (non-hydrogen) atoms. The van der Waals surface area contributed by atoms with Gasteiger partial charge < -0.3 is 4.74 Å². The van der Waals surface area contributed by atoms with Crippen molar-refractivity contribution in [1.82, 2.24) is 5.43 Å². The fourth-order valence-corrected chi connectivity index (χ4v) is 1.44. The molecule has 0 bridgehead atoms. The van der Waals surface area contributed by atoms with Crippen molar-refractivity contribution in [3.05, 3.63) is 29.8 Å². The second-order valence-electron chi connectivity index (χ2n) is 3.32. The molecule has 0 radical (unpaired) electrons. The van der Waals surface area contributed by atoms with Crippen LogP contribution in [0.5, 0.6) is 5.75 Å². The average molecular weight is 251 g/mol. The number of rotatable bonds is 5. The van der Waals surface area contributed by atoms with Crippen LogP contribution in [0.3, 0.4) is 0 Å². The summed E-state index contributed by atoms with van der Waals surface area (Å²) in [6.45, 7) is 0. The van der Waals surface area contributed by atoms with Crippen molar-refractivity contribution in [3.8, 4) is 5.75 Å². The lowest BCUT2D eigenvalue weighted by atomic mass is 10.1. The molecular weight excluding hydrogens is 238 g/mol. The molecule has 0 saturated carbocycles. The average Bonchev–Trinajstić information content (AvgIpc) is 2.24. The van der Waals surface area contributed by atoms with E-state index in [2.05, 4.69) is 0 Å². The normalized spacial score (nSPS) is 13.6. The van der Waals surface area contributed by atoms with Crippen LogP contribution in [0.4, 0.5) is 8.78 Å². The van der Waals surface area contributed by atoms with Crippen molar-refractivity contribution < 1.29 is 13.5 Å². The van der Waals surface area contributed by atoms with E-state index in [1.807, 2.05) is 5.43 Å². The van der Waals surface area contributed by atoms with Crippen LogP contribution in [0.15, 0.2) is 24.3 Å². The van der Waals surface area contributed by atoms with Crippen LogP contribution >= 0.6 is 11.6 Å². The number of nitrogens with one attached hydrogen (secondary N) is 1. The highest BCUT2D eigenvalue weighted by molar-refractivity contribution is 6.22. The molecule has 1 unspecified atom stereocenters. The van der Waals surface area contributed by atoms with Crippen LogP contribution in [0.25, 0.3) is 0 Å². The summed E-state index contributed by atoms with van der Waals surface area (Å²) in [7, 11) is 1.51. The molecule has 0 aliphatic heterocycles. The number of ether oxygens (including phenoxy) is 1. The van der Waals surface area contributed by atoms with E-state index < -0.39 is 11.4 Å². The van der Waals surface area contributed by atoms with Crippen molar-refractivity contribution in [2.75, 3.05) is 7.11 Å². The lowest BCUT2D eigenvalue weighted by molar-refractivity contribution is 0.0502. The van der Waals surface area contributed by atoms with Crippen LogP contribution < -0.4 is 16.0 Å². The van der Waals surface area contributed by atoms with Gasteiger partial charge in [0.15, 0.2) is 0 Å². The number of halogens is 3. The maximum absolute atomic E-state index is 12.8. The predicted molar refractivity (Wildman–Crippen MR) is 58.6 cm³/mol. The predicted octanol–water partition coefficient (Wildman–Crippen LogP) is 1.90. The van der Waals surface area contributed by atoms with Crippen LogP contribution in [-0.4, -0.2) is 18.5 Å². The summed E-state index contributed by atoms with van der Waals surface area (Å²) in [5.41, 5.74) is 2.67. The highest BCUT2D eigenvalue weighted by Gasteiger charge is 2.36. The van der Waals surface area contributed by atoms with Gasteiger partial charge in [-0.1, -0.05) is 12.1 Å². The molecule has 6 heteroatoms. The summed E-state index contributed by atoms with van der Waals surface area (Å²) in [4.78, 5) is 0. The Morgan fingerprint density at radius 2 is 2.25 bits per heavy atom. The van der Waals surface area contributed by atoms with Crippen LogP contribution in [-0.2, 0) is 6.42 Å². The Kier molecular flexibility index (Phi) is 4.46. The number of hydrogen-bond acceptors (Lipinski definition) is 3. The Hall–Kier alpha value is -0.910. The third-order valence-electron chi connectivity index (χ3n) is 2.17. The van der Waals surface area contributed by atoms with Gasteiger partial charge in [0, 0.05) is 0 Å². The quantitative estimate of drug-likeness (QED) is 0.477. The van der Waals surface area contributed by atoms with Gasteiger partial charge in [-0.15, -0.1) is 0 Å². The molecular formula is C10H13ClF2N2O. The van der Waals surface area contributed by atoms with Crippen molar-refractivity contribution >= 4 is 11.6 Å².